The molecule has 54 heavy (non-hydrogen) atoms. The molecule has 1 aromatic heterocycles. The summed E-state index contributed by atoms with van der Waals surface area (Å²) >= 11 is 0. The number of para-hydroxylation sites is 2. The second-order valence-electron chi connectivity index (χ2n) is 12.9. The number of benzene rings is 5. The van der Waals surface area contributed by atoms with Crippen molar-refractivity contribution in [3.63, 3.8) is 0 Å². The summed E-state index contributed by atoms with van der Waals surface area (Å²) in [6.07, 6.45) is 2.11. The SMILES string of the molecule is CC[C@H](C)OC(=O)C=P(c1ccccc1)(c1ccccc1)c1ccccc1.CC[C@H](C)OC(=O)Cc1cc2ccccc2o1.O=C1Cc2ccccc2O1. The zero-order valence-electron chi connectivity index (χ0n) is 31.2. The van der Waals surface area contributed by atoms with E-state index in [0.29, 0.717) is 17.9 Å². The minimum absolute atomic E-state index is 0.0353. The van der Waals surface area contributed by atoms with Gasteiger partial charge >= 0.3 is 17.9 Å². The molecule has 7 rings (SSSR count). The summed E-state index contributed by atoms with van der Waals surface area (Å²) in [6.45, 7) is 5.54. The van der Waals surface area contributed by atoms with Crippen LogP contribution in [0.3, 0.4) is 0 Å². The molecule has 7 nitrogen and oxygen atoms in total. The smallest absolute Gasteiger partial charge is 0.332 e. The number of esters is 3. The van der Waals surface area contributed by atoms with Gasteiger partial charge in [0.05, 0.1) is 18.6 Å². The lowest BCUT2D eigenvalue weighted by Crippen LogP contribution is -2.29. The van der Waals surface area contributed by atoms with Gasteiger partial charge in [-0.1, -0.05) is 141 Å². The van der Waals surface area contributed by atoms with Crippen molar-refractivity contribution in [2.45, 2.75) is 65.6 Å². The van der Waals surface area contributed by atoms with Gasteiger partial charge in [0.15, 0.2) is 0 Å². The van der Waals surface area contributed by atoms with Crippen LogP contribution >= 0.6 is 6.89 Å². The Morgan fingerprint density at radius 3 is 1.72 bits per heavy atom. The van der Waals surface area contributed by atoms with Gasteiger partial charge in [0.25, 0.3) is 0 Å². The summed E-state index contributed by atoms with van der Waals surface area (Å²) < 4.78 is 21.3. The highest BCUT2D eigenvalue weighted by atomic mass is 31.2. The molecule has 0 radical (unpaired) electrons. The van der Waals surface area contributed by atoms with Crippen LogP contribution in [0.1, 0.15) is 51.9 Å². The standard InChI is InChI=1S/C24H25O2P.C14H16O3.C8H6O2/c1-3-20(2)26-24(25)19-27(21-13-7-4-8-14-21,22-15-9-5-10-16-22)23-17-11-6-12-18-23;1-3-10(2)16-14(15)9-12-8-11-6-4-5-7-13(11)17-12;9-8-5-6-3-1-2-4-7(6)10-8/h4-20H,3H2,1-2H3;4-8,10H,3,9H2,1-2H3;1-4H,5H2/t20-;10-;/m00./s1. The summed E-state index contributed by atoms with van der Waals surface area (Å²) in [5.74, 6) is 2.56. The Labute approximate surface area is 317 Å². The van der Waals surface area contributed by atoms with Crippen molar-refractivity contribution in [3.05, 3.63) is 157 Å². The van der Waals surface area contributed by atoms with Crippen LogP contribution in [-0.4, -0.2) is 35.9 Å². The topological polar surface area (TPSA) is 92.0 Å². The summed E-state index contributed by atoms with van der Waals surface area (Å²) in [6, 6.07) is 47.9. The Kier molecular flexibility index (Phi) is 14.2. The largest absolute Gasteiger partial charge is 0.462 e. The number of carbonyl (C=O) groups is 3. The molecule has 2 heterocycles. The number of fused-ring (bicyclic) bond motifs is 2. The molecule has 1 aliphatic rings. The van der Waals surface area contributed by atoms with Crippen LogP contribution < -0.4 is 20.7 Å². The van der Waals surface area contributed by atoms with Crippen molar-refractivity contribution in [2.75, 3.05) is 0 Å². The number of carbonyl (C=O) groups excluding carboxylic acids is 3. The molecular weight excluding hydrogens is 695 g/mol. The fourth-order valence-corrected chi connectivity index (χ4v) is 9.46. The third kappa shape index (κ3) is 10.5. The third-order valence-electron chi connectivity index (χ3n) is 8.92. The van der Waals surface area contributed by atoms with Crippen molar-refractivity contribution >= 4 is 57.5 Å². The number of hydrogen-bond donors (Lipinski definition) is 0. The lowest BCUT2D eigenvalue weighted by molar-refractivity contribution is -0.147. The van der Waals surface area contributed by atoms with Crippen molar-refractivity contribution in [2.24, 2.45) is 0 Å². The molecule has 6 aromatic rings. The van der Waals surface area contributed by atoms with Gasteiger partial charge in [-0.05, 0) is 67.7 Å². The van der Waals surface area contributed by atoms with E-state index in [0.717, 1.165) is 45.3 Å². The van der Waals surface area contributed by atoms with Gasteiger partial charge in [0, 0.05) is 16.7 Å². The Hall–Kier alpha value is -5.65. The summed E-state index contributed by atoms with van der Waals surface area (Å²) in [7, 11) is 0. The lowest BCUT2D eigenvalue weighted by Gasteiger charge is -2.28. The second-order valence-corrected chi connectivity index (χ2v) is 16.2. The van der Waals surface area contributed by atoms with Crippen molar-refractivity contribution in [3.8, 4) is 5.75 Å². The van der Waals surface area contributed by atoms with E-state index in [2.05, 4.69) is 36.4 Å². The fraction of sp³-hybridized carbons (Fsp3) is 0.217. The molecule has 0 spiro atoms. The molecule has 0 saturated carbocycles. The van der Waals surface area contributed by atoms with Gasteiger partial charge in [-0.25, -0.2) is 4.79 Å². The monoisotopic (exact) mass is 742 g/mol. The average Bonchev–Trinajstić information content (AvgIpc) is 3.80. The molecule has 0 fully saturated rings. The molecule has 2 atom stereocenters. The van der Waals surface area contributed by atoms with E-state index in [1.807, 2.05) is 137 Å². The van der Waals surface area contributed by atoms with Crippen LogP contribution in [0.5, 0.6) is 5.75 Å². The highest BCUT2D eigenvalue weighted by Gasteiger charge is 2.27. The van der Waals surface area contributed by atoms with Gasteiger partial charge < -0.3 is 18.6 Å². The van der Waals surface area contributed by atoms with Crippen LogP contribution in [0.25, 0.3) is 11.0 Å². The van der Waals surface area contributed by atoms with Gasteiger partial charge in [0.1, 0.15) is 23.5 Å². The first-order chi connectivity index (χ1) is 26.2. The van der Waals surface area contributed by atoms with Gasteiger partial charge in [-0.2, -0.15) is 0 Å². The first kappa shape index (κ1) is 39.6. The van der Waals surface area contributed by atoms with Crippen molar-refractivity contribution in [1.29, 1.82) is 0 Å². The number of hydrogen-bond acceptors (Lipinski definition) is 7. The van der Waals surface area contributed by atoms with E-state index < -0.39 is 6.89 Å². The first-order valence-corrected chi connectivity index (χ1v) is 20.1. The van der Waals surface area contributed by atoms with Crippen molar-refractivity contribution in [1.82, 2.24) is 0 Å². The maximum absolute atomic E-state index is 12.9. The molecule has 0 unspecified atom stereocenters. The molecule has 0 amide bonds. The van der Waals surface area contributed by atoms with Gasteiger partial charge in [0.2, 0.25) is 0 Å². The third-order valence-corrected chi connectivity index (χ3v) is 12.9. The van der Waals surface area contributed by atoms with E-state index in [4.69, 9.17) is 18.6 Å². The van der Waals surface area contributed by atoms with Crippen LogP contribution in [0.15, 0.2) is 150 Å². The molecule has 0 N–H and O–H groups in total. The Morgan fingerprint density at radius 1 is 0.685 bits per heavy atom. The van der Waals surface area contributed by atoms with E-state index in [9.17, 15) is 14.4 Å². The van der Waals surface area contributed by atoms with Crippen LogP contribution in [0, 0.1) is 0 Å². The maximum atomic E-state index is 12.9. The van der Waals surface area contributed by atoms with E-state index in [-0.39, 0.29) is 36.5 Å². The molecule has 0 saturated heterocycles. The quantitative estimate of drug-likeness (QED) is 0.0789. The van der Waals surface area contributed by atoms with Crippen LogP contribution in [0.2, 0.25) is 0 Å². The van der Waals surface area contributed by atoms with E-state index >= 15 is 0 Å². The molecule has 0 aliphatic carbocycles. The molecule has 0 bridgehead atoms. The average molecular weight is 743 g/mol. The Bertz CT molecular complexity index is 2010. The molecule has 8 heteroatoms. The number of ether oxygens (including phenoxy) is 3. The van der Waals surface area contributed by atoms with Crippen molar-refractivity contribution < 1.29 is 33.0 Å². The second kappa shape index (κ2) is 19.4. The normalized spacial score (nSPS) is 12.8. The Balaban J connectivity index is 0.000000175. The summed E-state index contributed by atoms with van der Waals surface area (Å²) in [5, 5.41) is 4.44. The van der Waals surface area contributed by atoms with E-state index in [1.54, 1.807) is 6.07 Å². The Morgan fingerprint density at radius 2 is 1.19 bits per heavy atom. The minimum atomic E-state index is -2.28. The predicted octanol–water partition coefficient (Wildman–Crippen LogP) is 8.59. The highest BCUT2D eigenvalue weighted by molar-refractivity contribution is 7.95. The first-order valence-electron chi connectivity index (χ1n) is 18.3. The predicted molar refractivity (Wildman–Crippen MR) is 219 cm³/mol. The summed E-state index contributed by atoms with van der Waals surface area (Å²) in [5.41, 5.74) is 1.80. The molecule has 278 valence electrons. The van der Waals surface area contributed by atoms with Crippen LogP contribution in [0.4, 0.5) is 0 Å². The molecule has 1 aliphatic heterocycles. The highest BCUT2D eigenvalue weighted by Crippen LogP contribution is 2.43. The van der Waals surface area contributed by atoms with Gasteiger partial charge in [-0.3, -0.25) is 9.59 Å². The number of furan rings is 1. The van der Waals surface area contributed by atoms with Gasteiger partial charge in [-0.15, -0.1) is 0 Å². The minimum Gasteiger partial charge on any atom is -0.462 e. The van der Waals surface area contributed by atoms with E-state index in [1.165, 1.54) is 0 Å². The molecule has 5 aromatic carbocycles. The fourth-order valence-electron chi connectivity index (χ4n) is 5.81. The summed E-state index contributed by atoms with van der Waals surface area (Å²) in [4.78, 5) is 35.2. The lowest BCUT2D eigenvalue weighted by atomic mass is 10.2. The van der Waals surface area contributed by atoms with Crippen LogP contribution in [-0.2, 0) is 36.7 Å². The zero-order chi connectivity index (χ0) is 38.3. The molecular formula is C46H47O7P. The zero-order valence-corrected chi connectivity index (χ0v) is 32.1. The number of rotatable bonds is 10. The maximum Gasteiger partial charge on any atom is 0.332 e.